The fourth-order valence-corrected chi connectivity index (χ4v) is 10.9. The highest BCUT2D eigenvalue weighted by molar-refractivity contribution is 5.76. The summed E-state index contributed by atoms with van der Waals surface area (Å²) in [5, 5.41) is 23.1. The molecule has 0 bridgehead atoms. The number of ether oxygens (including phenoxy) is 1. The Morgan fingerprint density at radius 1 is 0.364 bits per heavy atom. The summed E-state index contributed by atoms with van der Waals surface area (Å²) in [6.45, 7) is 4.85. The summed E-state index contributed by atoms with van der Waals surface area (Å²) in [7, 11) is 0. The van der Waals surface area contributed by atoms with Gasteiger partial charge < -0.3 is 20.3 Å². The van der Waals surface area contributed by atoms with Gasteiger partial charge >= 0.3 is 5.97 Å². The maximum atomic E-state index is 12.5. The Kier molecular flexibility index (Phi) is 64.9. The van der Waals surface area contributed by atoms with Crippen LogP contribution in [-0.4, -0.2) is 47.4 Å². The third kappa shape index (κ3) is 63.1. The van der Waals surface area contributed by atoms with Crippen LogP contribution < -0.4 is 5.32 Å². The predicted octanol–water partition coefficient (Wildman–Crippen LogP) is 22.3. The lowest BCUT2D eigenvalue weighted by atomic mass is 10.0. The van der Waals surface area contributed by atoms with Gasteiger partial charge in [0, 0.05) is 12.8 Å². The van der Waals surface area contributed by atoms with Gasteiger partial charge in [-0.25, -0.2) is 0 Å². The Labute approximate surface area is 481 Å². The molecule has 0 aliphatic heterocycles. The molecule has 77 heavy (non-hydrogen) atoms. The van der Waals surface area contributed by atoms with E-state index in [0.717, 1.165) is 51.4 Å². The molecule has 2 unspecified atom stereocenters. The van der Waals surface area contributed by atoms with Gasteiger partial charge in [-0.15, -0.1) is 0 Å². The molecule has 0 saturated carbocycles. The molecular weight excluding hydrogens is 947 g/mol. The van der Waals surface area contributed by atoms with Gasteiger partial charge in [0.15, 0.2) is 0 Å². The maximum absolute atomic E-state index is 12.5. The van der Waals surface area contributed by atoms with Gasteiger partial charge in [0.25, 0.3) is 0 Å². The van der Waals surface area contributed by atoms with Crippen molar-refractivity contribution in [3.63, 3.8) is 0 Å². The van der Waals surface area contributed by atoms with E-state index in [2.05, 4.69) is 43.5 Å². The summed E-state index contributed by atoms with van der Waals surface area (Å²) in [5.41, 5.74) is 0. The summed E-state index contributed by atoms with van der Waals surface area (Å²) in [6, 6.07) is -0.622. The molecule has 0 spiro atoms. The normalized spacial score (nSPS) is 12.7. The molecule has 0 aromatic heterocycles. The van der Waals surface area contributed by atoms with E-state index in [1.807, 2.05) is 6.08 Å². The van der Waals surface area contributed by atoms with Crippen molar-refractivity contribution in [2.45, 2.75) is 392 Å². The van der Waals surface area contributed by atoms with Crippen molar-refractivity contribution in [1.82, 2.24) is 5.32 Å². The summed E-state index contributed by atoms with van der Waals surface area (Å²) < 4.78 is 5.48. The molecule has 2 atom stereocenters. The largest absolute Gasteiger partial charge is 0.466 e. The standard InChI is InChI=1S/C71H135NO5/c1-3-5-7-9-11-13-15-40-45-49-53-57-61-65-71(76)77-66-62-58-54-50-46-42-39-37-35-33-31-29-27-25-23-21-19-17-18-20-22-24-26-28-30-32-34-36-38-41-44-48-52-56-60-64-70(75)72-68(67-73)69(74)63-59-55-51-47-43-16-14-12-10-8-6-4-2/h7,9,13,15,59,63,68-69,73-74H,3-6,8,10-12,14,16-58,60-62,64-67H2,1-2H3,(H,72,75)/b9-7-,15-13-,63-59+. The molecule has 0 heterocycles. The van der Waals surface area contributed by atoms with Crippen molar-refractivity contribution in [1.29, 1.82) is 0 Å². The molecule has 454 valence electrons. The van der Waals surface area contributed by atoms with E-state index in [0.29, 0.717) is 19.4 Å². The van der Waals surface area contributed by atoms with Crippen LogP contribution in [0.3, 0.4) is 0 Å². The second-order valence-corrected chi connectivity index (χ2v) is 23.9. The molecule has 6 heteroatoms. The number of carbonyl (C=O) groups excluding carboxylic acids is 2. The third-order valence-electron chi connectivity index (χ3n) is 16.1. The Balaban J connectivity index is 3.31. The van der Waals surface area contributed by atoms with E-state index in [4.69, 9.17) is 4.74 Å². The minimum absolute atomic E-state index is 0.00703. The number of hydrogen-bond donors (Lipinski definition) is 3. The summed E-state index contributed by atoms with van der Waals surface area (Å²) in [5.74, 6) is -0.0550. The molecule has 0 saturated heterocycles. The second kappa shape index (κ2) is 66.6. The predicted molar refractivity (Wildman–Crippen MR) is 338 cm³/mol. The van der Waals surface area contributed by atoms with Gasteiger partial charge in [0.05, 0.1) is 25.4 Å². The zero-order valence-electron chi connectivity index (χ0n) is 52.0. The quantitative estimate of drug-likeness (QED) is 0.0320. The Hall–Kier alpha value is -1.92. The topological polar surface area (TPSA) is 95.9 Å². The molecule has 1 amide bonds. The van der Waals surface area contributed by atoms with E-state index in [1.54, 1.807) is 6.08 Å². The monoisotopic (exact) mass is 1080 g/mol. The van der Waals surface area contributed by atoms with Crippen molar-refractivity contribution in [2.24, 2.45) is 0 Å². The summed E-state index contributed by atoms with van der Waals surface area (Å²) >= 11 is 0. The Morgan fingerprint density at radius 2 is 0.675 bits per heavy atom. The van der Waals surface area contributed by atoms with Crippen LogP contribution in [0.2, 0.25) is 0 Å². The van der Waals surface area contributed by atoms with Gasteiger partial charge in [-0.1, -0.05) is 346 Å². The van der Waals surface area contributed by atoms with Crippen LogP contribution in [0.1, 0.15) is 380 Å². The SMILES string of the molecule is CCC/C=C\C/C=C\CCCCCCCC(=O)OCCCCCCCCCCCCCCCCCCCCCCCCCCCCCCCCCCCCCC(=O)NC(CO)C(O)/C=C/CCCCCCCCCCCC. The van der Waals surface area contributed by atoms with Crippen LogP contribution >= 0.6 is 0 Å². The number of carbonyl (C=O) groups is 2. The molecule has 0 rings (SSSR count). The van der Waals surface area contributed by atoms with Gasteiger partial charge in [-0.2, -0.15) is 0 Å². The molecule has 0 aromatic rings. The highest BCUT2D eigenvalue weighted by Gasteiger charge is 2.18. The molecule has 6 nitrogen and oxygen atoms in total. The number of aliphatic hydroxyl groups excluding tert-OH is 2. The van der Waals surface area contributed by atoms with Crippen molar-refractivity contribution >= 4 is 11.9 Å². The lowest BCUT2D eigenvalue weighted by Gasteiger charge is -2.20. The molecule has 0 fully saturated rings. The smallest absolute Gasteiger partial charge is 0.305 e. The average Bonchev–Trinajstić information content (AvgIpc) is 3.43. The second-order valence-electron chi connectivity index (χ2n) is 23.9. The lowest BCUT2D eigenvalue weighted by molar-refractivity contribution is -0.143. The van der Waals surface area contributed by atoms with Crippen molar-refractivity contribution < 1.29 is 24.5 Å². The minimum atomic E-state index is -0.839. The van der Waals surface area contributed by atoms with Crippen molar-refractivity contribution in [2.75, 3.05) is 13.2 Å². The molecular formula is C71H135NO5. The number of allylic oxidation sites excluding steroid dienone is 5. The fourth-order valence-electron chi connectivity index (χ4n) is 10.9. The van der Waals surface area contributed by atoms with Gasteiger partial charge in [0.1, 0.15) is 0 Å². The maximum Gasteiger partial charge on any atom is 0.305 e. The first kappa shape index (κ1) is 75.1. The Bertz CT molecular complexity index is 1250. The molecule has 0 aliphatic carbocycles. The van der Waals surface area contributed by atoms with Crippen LogP contribution in [-0.2, 0) is 14.3 Å². The average molecular weight is 1080 g/mol. The fraction of sp³-hybridized carbons (Fsp3) is 0.887. The van der Waals surface area contributed by atoms with E-state index in [9.17, 15) is 19.8 Å². The van der Waals surface area contributed by atoms with E-state index >= 15 is 0 Å². The molecule has 0 aromatic carbocycles. The van der Waals surface area contributed by atoms with Crippen LogP contribution in [0, 0.1) is 0 Å². The number of unbranched alkanes of at least 4 members (excludes halogenated alkanes) is 50. The number of amides is 1. The molecule has 3 N–H and O–H groups in total. The van der Waals surface area contributed by atoms with E-state index in [-0.39, 0.29) is 18.5 Å². The summed E-state index contributed by atoms with van der Waals surface area (Å²) in [4.78, 5) is 24.5. The number of aliphatic hydroxyl groups is 2. The van der Waals surface area contributed by atoms with Gasteiger partial charge in [-0.05, 0) is 57.8 Å². The number of nitrogens with one attached hydrogen (secondary N) is 1. The van der Waals surface area contributed by atoms with Crippen molar-refractivity contribution in [3.8, 4) is 0 Å². The summed E-state index contributed by atoms with van der Waals surface area (Å²) in [6.07, 6.45) is 85.3. The number of esters is 1. The highest BCUT2D eigenvalue weighted by atomic mass is 16.5. The molecule has 0 radical (unpaired) electrons. The van der Waals surface area contributed by atoms with Crippen LogP contribution in [0.25, 0.3) is 0 Å². The van der Waals surface area contributed by atoms with E-state index < -0.39 is 12.1 Å². The zero-order valence-corrected chi connectivity index (χ0v) is 52.0. The Morgan fingerprint density at radius 3 is 1.04 bits per heavy atom. The van der Waals surface area contributed by atoms with Gasteiger partial charge in [0.2, 0.25) is 5.91 Å². The first-order valence-corrected chi connectivity index (χ1v) is 34.8. The first-order chi connectivity index (χ1) is 38.0. The minimum Gasteiger partial charge on any atom is -0.466 e. The highest BCUT2D eigenvalue weighted by Crippen LogP contribution is 2.19. The zero-order chi connectivity index (χ0) is 55.7. The number of hydrogen-bond acceptors (Lipinski definition) is 5. The van der Waals surface area contributed by atoms with Gasteiger partial charge in [-0.3, -0.25) is 9.59 Å². The molecule has 0 aliphatic rings. The van der Waals surface area contributed by atoms with Crippen LogP contribution in [0.4, 0.5) is 0 Å². The van der Waals surface area contributed by atoms with E-state index in [1.165, 1.54) is 302 Å². The lowest BCUT2D eigenvalue weighted by Crippen LogP contribution is -2.45. The number of rotatable bonds is 65. The van der Waals surface area contributed by atoms with Crippen LogP contribution in [0.5, 0.6) is 0 Å². The van der Waals surface area contributed by atoms with Crippen LogP contribution in [0.15, 0.2) is 36.5 Å². The van der Waals surface area contributed by atoms with Crippen molar-refractivity contribution in [3.05, 3.63) is 36.5 Å². The first-order valence-electron chi connectivity index (χ1n) is 34.8. The third-order valence-corrected chi connectivity index (χ3v) is 16.1.